The Morgan fingerprint density at radius 2 is 2.00 bits per heavy atom. The molecule has 1 saturated heterocycles. The maximum absolute atomic E-state index is 13.7. The molecule has 2 rings (SSSR count). The molecule has 0 aliphatic carbocycles. The van der Waals surface area contributed by atoms with Gasteiger partial charge in [-0.05, 0) is 32.8 Å². The molecule has 1 aromatic carbocycles. The second-order valence-corrected chi connectivity index (χ2v) is 5.89. The molecule has 26 heavy (non-hydrogen) atoms. The van der Waals surface area contributed by atoms with E-state index in [0.29, 0.717) is 31.2 Å². The maximum atomic E-state index is 13.7. The number of piperidine rings is 1. The van der Waals surface area contributed by atoms with Gasteiger partial charge in [0.15, 0.2) is 5.96 Å². The van der Waals surface area contributed by atoms with Crippen LogP contribution in [0.5, 0.6) is 0 Å². The van der Waals surface area contributed by atoms with Crippen molar-refractivity contribution in [2.24, 2.45) is 4.99 Å². The summed E-state index contributed by atoms with van der Waals surface area (Å²) in [5.41, 5.74) is 0.567. The molecule has 1 aromatic rings. The number of guanidine groups is 1. The van der Waals surface area contributed by atoms with E-state index in [0.717, 1.165) is 19.4 Å². The van der Waals surface area contributed by atoms with Crippen LogP contribution in [0.1, 0.15) is 32.3 Å². The first-order chi connectivity index (χ1) is 12.1. The predicted molar refractivity (Wildman–Crippen MR) is 111 cm³/mol. The zero-order valence-electron chi connectivity index (χ0n) is 15.3. The van der Waals surface area contributed by atoms with Gasteiger partial charge in [0.1, 0.15) is 5.82 Å². The Balaban J connectivity index is 0.00000338. The Kier molecular flexibility index (Phi) is 10.3. The third kappa shape index (κ3) is 6.97. The standard InChI is InChI=1S/C18H27FN4O2.HI/c1-3-20-17(21-13-14-7-5-6-8-16(14)19)22-15-9-11-23(12-10-15)18(24)25-4-2;/h5-8,15H,3-4,9-13H2,1-2H3,(H2,20,21,22);1H. The number of hydrogen-bond donors (Lipinski definition) is 2. The molecule has 0 bridgehead atoms. The average molecular weight is 478 g/mol. The van der Waals surface area contributed by atoms with Crippen molar-refractivity contribution >= 4 is 36.0 Å². The summed E-state index contributed by atoms with van der Waals surface area (Å²) < 4.78 is 18.7. The van der Waals surface area contributed by atoms with Crippen molar-refractivity contribution in [3.8, 4) is 0 Å². The average Bonchev–Trinajstić information content (AvgIpc) is 2.62. The SMILES string of the molecule is CCNC(=NCc1ccccc1F)NC1CCN(C(=O)OCC)CC1.I. The van der Waals surface area contributed by atoms with Gasteiger partial charge in [0.05, 0.1) is 13.2 Å². The zero-order chi connectivity index (χ0) is 18.1. The number of ether oxygens (including phenoxy) is 1. The fraction of sp³-hybridized carbons (Fsp3) is 0.556. The summed E-state index contributed by atoms with van der Waals surface area (Å²) in [6.45, 7) is 6.51. The van der Waals surface area contributed by atoms with Crippen molar-refractivity contribution in [1.29, 1.82) is 0 Å². The Hall–Kier alpha value is -1.58. The molecule has 0 unspecified atom stereocenters. The second-order valence-electron chi connectivity index (χ2n) is 5.89. The normalized spacial score (nSPS) is 15.2. The smallest absolute Gasteiger partial charge is 0.409 e. The topological polar surface area (TPSA) is 66.0 Å². The molecule has 1 heterocycles. The highest BCUT2D eigenvalue weighted by Crippen LogP contribution is 2.12. The number of carbonyl (C=O) groups excluding carboxylic acids is 1. The van der Waals surface area contributed by atoms with Crippen LogP contribution in [-0.2, 0) is 11.3 Å². The van der Waals surface area contributed by atoms with Crippen molar-refractivity contribution in [2.75, 3.05) is 26.2 Å². The molecule has 0 saturated carbocycles. The molecule has 0 atom stereocenters. The van der Waals surface area contributed by atoms with E-state index in [1.54, 1.807) is 30.0 Å². The number of nitrogens with zero attached hydrogens (tertiary/aromatic N) is 2. The predicted octanol–water partition coefficient (Wildman–Crippen LogP) is 3.12. The number of rotatable bonds is 5. The van der Waals surface area contributed by atoms with Crippen LogP contribution >= 0.6 is 24.0 Å². The summed E-state index contributed by atoms with van der Waals surface area (Å²) in [6, 6.07) is 6.88. The monoisotopic (exact) mass is 478 g/mol. The van der Waals surface area contributed by atoms with Crippen LogP contribution in [0.25, 0.3) is 0 Å². The molecule has 146 valence electrons. The van der Waals surface area contributed by atoms with E-state index < -0.39 is 0 Å². The highest BCUT2D eigenvalue weighted by molar-refractivity contribution is 14.0. The summed E-state index contributed by atoms with van der Waals surface area (Å²) in [4.78, 5) is 17.9. The lowest BCUT2D eigenvalue weighted by molar-refractivity contribution is 0.0963. The third-order valence-electron chi connectivity index (χ3n) is 4.07. The van der Waals surface area contributed by atoms with Gasteiger partial charge in [0.25, 0.3) is 0 Å². The van der Waals surface area contributed by atoms with Crippen molar-refractivity contribution in [3.63, 3.8) is 0 Å². The summed E-state index contributed by atoms with van der Waals surface area (Å²) in [5, 5.41) is 6.56. The van der Waals surface area contributed by atoms with E-state index in [2.05, 4.69) is 15.6 Å². The summed E-state index contributed by atoms with van der Waals surface area (Å²) in [6.07, 6.45) is 1.40. The second kappa shape index (κ2) is 11.9. The van der Waals surface area contributed by atoms with Gasteiger partial charge in [-0.25, -0.2) is 14.2 Å². The molecule has 2 N–H and O–H groups in total. The third-order valence-corrected chi connectivity index (χ3v) is 4.07. The van der Waals surface area contributed by atoms with Gasteiger partial charge in [-0.3, -0.25) is 0 Å². The van der Waals surface area contributed by atoms with Gasteiger partial charge in [-0.15, -0.1) is 24.0 Å². The fourth-order valence-electron chi connectivity index (χ4n) is 2.73. The van der Waals surface area contributed by atoms with E-state index in [1.807, 2.05) is 6.92 Å². The van der Waals surface area contributed by atoms with Crippen LogP contribution < -0.4 is 10.6 Å². The number of aliphatic imine (C=N–C) groups is 1. The largest absolute Gasteiger partial charge is 0.450 e. The van der Waals surface area contributed by atoms with Crippen molar-refractivity contribution in [2.45, 2.75) is 39.3 Å². The van der Waals surface area contributed by atoms with Crippen molar-refractivity contribution in [3.05, 3.63) is 35.6 Å². The Morgan fingerprint density at radius 1 is 1.31 bits per heavy atom. The fourth-order valence-corrected chi connectivity index (χ4v) is 2.73. The Labute approximate surface area is 171 Å². The molecule has 1 fully saturated rings. The minimum atomic E-state index is -0.249. The summed E-state index contributed by atoms with van der Waals surface area (Å²) in [5.74, 6) is 0.421. The molecule has 1 amide bonds. The zero-order valence-corrected chi connectivity index (χ0v) is 17.7. The molecular weight excluding hydrogens is 450 g/mol. The number of hydrogen-bond acceptors (Lipinski definition) is 3. The van der Waals surface area contributed by atoms with E-state index >= 15 is 0 Å². The first-order valence-electron chi connectivity index (χ1n) is 8.84. The number of nitrogens with one attached hydrogen (secondary N) is 2. The lowest BCUT2D eigenvalue weighted by Crippen LogP contribution is -2.49. The summed E-state index contributed by atoms with van der Waals surface area (Å²) in [7, 11) is 0. The lowest BCUT2D eigenvalue weighted by atomic mass is 10.1. The van der Waals surface area contributed by atoms with Gasteiger partial charge in [0.2, 0.25) is 0 Å². The van der Waals surface area contributed by atoms with Crippen LogP contribution in [0.2, 0.25) is 0 Å². The first-order valence-corrected chi connectivity index (χ1v) is 8.84. The van der Waals surface area contributed by atoms with Crippen molar-refractivity contribution < 1.29 is 13.9 Å². The van der Waals surface area contributed by atoms with Crippen LogP contribution in [0.3, 0.4) is 0 Å². The highest BCUT2D eigenvalue weighted by Gasteiger charge is 2.24. The van der Waals surface area contributed by atoms with Crippen LogP contribution in [0.15, 0.2) is 29.3 Å². The van der Waals surface area contributed by atoms with Gasteiger partial charge in [-0.1, -0.05) is 18.2 Å². The first kappa shape index (κ1) is 22.5. The molecule has 0 aromatic heterocycles. The van der Waals surface area contributed by atoms with Crippen LogP contribution in [0, 0.1) is 5.82 Å². The molecule has 0 spiro atoms. The minimum absolute atomic E-state index is 0. The Morgan fingerprint density at radius 3 is 2.62 bits per heavy atom. The lowest BCUT2D eigenvalue weighted by Gasteiger charge is -2.32. The quantitative estimate of drug-likeness (QED) is 0.388. The van der Waals surface area contributed by atoms with Gasteiger partial charge in [-0.2, -0.15) is 0 Å². The van der Waals surface area contributed by atoms with Crippen LogP contribution in [-0.4, -0.2) is 49.2 Å². The maximum Gasteiger partial charge on any atom is 0.409 e. The van der Waals surface area contributed by atoms with Gasteiger partial charge in [0, 0.05) is 31.2 Å². The number of carbonyl (C=O) groups is 1. The summed E-state index contributed by atoms with van der Waals surface area (Å²) >= 11 is 0. The van der Waals surface area contributed by atoms with Crippen LogP contribution in [0.4, 0.5) is 9.18 Å². The van der Waals surface area contributed by atoms with E-state index in [-0.39, 0.29) is 48.5 Å². The molecule has 6 nitrogen and oxygen atoms in total. The molecule has 8 heteroatoms. The van der Waals surface area contributed by atoms with E-state index in [1.165, 1.54) is 6.07 Å². The Bertz CT molecular complexity index is 592. The number of amides is 1. The number of benzene rings is 1. The molecule has 1 aliphatic rings. The number of likely N-dealkylation sites (tertiary alicyclic amines) is 1. The van der Waals surface area contributed by atoms with E-state index in [4.69, 9.17) is 4.74 Å². The van der Waals surface area contributed by atoms with E-state index in [9.17, 15) is 9.18 Å². The molecule has 0 radical (unpaired) electrons. The van der Waals surface area contributed by atoms with Gasteiger partial charge < -0.3 is 20.3 Å². The molecule has 1 aliphatic heterocycles. The van der Waals surface area contributed by atoms with Crippen molar-refractivity contribution in [1.82, 2.24) is 15.5 Å². The highest BCUT2D eigenvalue weighted by atomic mass is 127. The minimum Gasteiger partial charge on any atom is -0.450 e. The molecular formula is C18H28FIN4O2. The number of halogens is 2. The van der Waals surface area contributed by atoms with Gasteiger partial charge >= 0.3 is 6.09 Å².